The molecule has 1 atom stereocenters. The van der Waals surface area contributed by atoms with E-state index in [0.29, 0.717) is 5.69 Å². The predicted molar refractivity (Wildman–Crippen MR) is 86.5 cm³/mol. The lowest BCUT2D eigenvalue weighted by Crippen LogP contribution is -2.19. The summed E-state index contributed by atoms with van der Waals surface area (Å²) in [6, 6.07) is 12.6. The molecule has 0 unspecified atom stereocenters. The van der Waals surface area contributed by atoms with Gasteiger partial charge in [-0.05, 0) is 42.8 Å². The normalized spacial score (nSPS) is 13.2. The number of nitrogens with zero attached hydrogens (tertiary/aromatic N) is 3. The number of aromatic nitrogens is 3. The molecule has 3 rings (SSSR count). The maximum Gasteiger partial charge on any atom is 0.416 e. The fourth-order valence-electron chi connectivity index (χ4n) is 2.59. The number of hydrogen-bond acceptors (Lipinski definition) is 3. The summed E-state index contributed by atoms with van der Waals surface area (Å²) in [6.45, 7) is 2.04. The lowest BCUT2D eigenvalue weighted by molar-refractivity contribution is -0.137. The van der Waals surface area contributed by atoms with E-state index in [-0.39, 0.29) is 6.17 Å². The van der Waals surface area contributed by atoms with Gasteiger partial charge in [0, 0.05) is 5.69 Å². The van der Waals surface area contributed by atoms with Crippen molar-refractivity contribution in [3.05, 3.63) is 54.1 Å². The van der Waals surface area contributed by atoms with Crippen molar-refractivity contribution in [1.29, 1.82) is 0 Å². The molecule has 126 valence electrons. The first-order valence-corrected chi connectivity index (χ1v) is 7.73. The Labute approximate surface area is 137 Å². The molecule has 24 heavy (non-hydrogen) atoms. The minimum Gasteiger partial charge on any atom is -0.364 e. The SMILES string of the molecule is CCC[C@H](Nc1ccc(C(F)(F)F)cc1)n1nnc2ccccc21. The summed E-state index contributed by atoms with van der Waals surface area (Å²) in [4.78, 5) is 0. The summed E-state index contributed by atoms with van der Waals surface area (Å²) < 4.78 is 39.7. The van der Waals surface area contributed by atoms with E-state index in [1.54, 1.807) is 4.68 Å². The molecule has 0 saturated carbocycles. The number of rotatable bonds is 5. The van der Waals surface area contributed by atoms with Crippen molar-refractivity contribution in [3.63, 3.8) is 0 Å². The predicted octanol–water partition coefficient (Wildman–Crippen LogP) is 4.86. The standard InChI is InChI=1S/C17H17F3N4/c1-2-5-16(24-15-7-4-3-6-14(15)22-23-24)21-13-10-8-12(9-11-13)17(18,19)20/h3-4,6-11,16,21H,2,5H2,1H3/t16-/m1/s1. The molecule has 1 heterocycles. The van der Waals surface area contributed by atoms with Crippen molar-refractivity contribution in [3.8, 4) is 0 Å². The van der Waals surface area contributed by atoms with E-state index in [2.05, 4.69) is 15.6 Å². The zero-order chi connectivity index (χ0) is 17.2. The Morgan fingerprint density at radius 3 is 2.46 bits per heavy atom. The van der Waals surface area contributed by atoms with Crippen LogP contribution in [0.4, 0.5) is 18.9 Å². The van der Waals surface area contributed by atoms with Crippen LogP contribution in [0, 0.1) is 0 Å². The average molecular weight is 334 g/mol. The van der Waals surface area contributed by atoms with Gasteiger partial charge in [0.1, 0.15) is 11.7 Å². The third-order valence-electron chi connectivity index (χ3n) is 3.78. The average Bonchev–Trinajstić information content (AvgIpc) is 2.98. The Bertz CT molecular complexity index is 809. The van der Waals surface area contributed by atoms with Gasteiger partial charge < -0.3 is 5.32 Å². The van der Waals surface area contributed by atoms with Crippen LogP contribution in [-0.4, -0.2) is 15.0 Å². The molecule has 0 radical (unpaired) electrons. The van der Waals surface area contributed by atoms with Crippen LogP contribution in [0.2, 0.25) is 0 Å². The van der Waals surface area contributed by atoms with Crippen molar-refractivity contribution in [2.75, 3.05) is 5.32 Å². The lowest BCUT2D eigenvalue weighted by atomic mass is 10.2. The van der Waals surface area contributed by atoms with Gasteiger partial charge in [-0.15, -0.1) is 5.10 Å². The number of halogens is 3. The minimum atomic E-state index is -4.33. The molecule has 2 aromatic carbocycles. The molecular weight excluding hydrogens is 317 g/mol. The molecular formula is C17H17F3N4. The van der Waals surface area contributed by atoms with Crippen LogP contribution in [0.25, 0.3) is 11.0 Å². The molecule has 0 spiro atoms. The van der Waals surface area contributed by atoms with E-state index in [1.165, 1.54) is 12.1 Å². The summed E-state index contributed by atoms with van der Waals surface area (Å²) in [5.41, 5.74) is 1.62. The zero-order valence-corrected chi connectivity index (χ0v) is 13.1. The maximum absolute atomic E-state index is 12.7. The Balaban J connectivity index is 1.87. The molecule has 0 aliphatic rings. The molecule has 0 aliphatic carbocycles. The molecule has 0 saturated heterocycles. The van der Waals surface area contributed by atoms with Gasteiger partial charge in [-0.25, -0.2) is 4.68 Å². The van der Waals surface area contributed by atoms with E-state index >= 15 is 0 Å². The summed E-state index contributed by atoms with van der Waals surface area (Å²) in [6.07, 6.45) is -2.84. The monoisotopic (exact) mass is 334 g/mol. The fourth-order valence-corrected chi connectivity index (χ4v) is 2.59. The highest BCUT2D eigenvalue weighted by atomic mass is 19.4. The summed E-state index contributed by atoms with van der Waals surface area (Å²) in [5.74, 6) is 0. The third-order valence-corrected chi connectivity index (χ3v) is 3.78. The number of nitrogens with one attached hydrogen (secondary N) is 1. The first kappa shape index (κ1) is 16.3. The second-order valence-electron chi connectivity index (χ2n) is 5.55. The Hall–Kier alpha value is -2.57. The van der Waals surface area contributed by atoms with Crippen LogP contribution >= 0.6 is 0 Å². The van der Waals surface area contributed by atoms with Gasteiger partial charge >= 0.3 is 6.18 Å². The lowest BCUT2D eigenvalue weighted by Gasteiger charge is -2.20. The smallest absolute Gasteiger partial charge is 0.364 e. The van der Waals surface area contributed by atoms with Crippen LogP contribution in [0.15, 0.2) is 48.5 Å². The summed E-state index contributed by atoms with van der Waals surface area (Å²) >= 11 is 0. The van der Waals surface area contributed by atoms with Crippen molar-refractivity contribution in [2.45, 2.75) is 32.1 Å². The van der Waals surface area contributed by atoms with Crippen molar-refractivity contribution in [1.82, 2.24) is 15.0 Å². The summed E-state index contributed by atoms with van der Waals surface area (Å²) in [5, 5.41) is 11.6. The second kappa shape index (κ2) is 6.51. The number of alkyl halides is 3. The van der Waals surface area contributed by atoms with Gasteiger partial charge in [-0.3, -0.25) is 0 Å². The molecule has 1 N–H and O–H groups in total. The topological polar surface area (TPSA) is 42.7 Å². The van der Waals surface area contributed by atoms with E-state index in [0.717, 1.165) is 36.0 Å². The van der Waals surface area contributed by atoms with Crippen LogP contribution in [0.1, 0.15) is 31.5 Å². The number of fused-ring (bicyclic) bond motifs is 1. The second-order valence-corrected chi connectivity index (χ2v) is 5.55. The molecule has 3 aromatic rings. The van der Waals surface area contributed by atoms with Crippen molar-refractivity contribution >= 4 is 16.7 Å². The molecule has 0 bridgehead atoms. The molecule has 1 aromatic heterocycles. The molecule has 7 heteroatoms. The van der Waals surface area contributed by atoms with E-state index in [1.807, 2.05) is 31.2 Å². The van der Waals surface area contributed by atoms with E-state index in [9.17, 15) is 13.2 Å². The van der Waals surface area contributed by atoms with Crippen LogP contribution in [0.5, 0.6) is 0 Å². The summed E-state index contributed by atoms with van der Waals surface area (Å²) in [7, 11) is 0. The highest BCUT2D eigenvalue weighted by Gasteiger charge is 2.30. The fraction of sp³-hybridized carbons (Fsp3) is 0.294. The minimum absolute atomic E-state index is 0.181. The molecule has 0 amide bonds. The van der Waals surface area contributed by atoms with Gasteiger partial charge in [0.2, 0.25) is 0 Å². The largest absolute Gasteiger partial charge is 0.416 e. The number of anilines is 1. The van der Waals surface area contributed by atoms with E-state index in [4.69, 9.17) is 0 Å². The third kappa shape index (κ3) is 3.34. The molecule has 4 nitrogen and oxygen atoms in total. The molecule has 0 aliphatic heterocycles. The Morgan fingerprint density at radius 1 is 1.08 bits per heavy atom. The van der Waals surface area contributed by atoms with Crippen LogP contribution < -0.4 is 5.32 Å². The number of para-hydroxylation sites is 1. The zero-order valence-electron chi connectivity index (χ0n) is 13.1. The number of hydrogen-bond donors (Lipinski definition) is 1. The molecule has 0 fully saturated rings. The van der Waals surface area contributed by atoms with Gasteiger partial charge in [-0.1, -0.05) is 30.7 Å². The Morgan fingerprint density at radius 2 is 1.79 bits per heavy atom. The highest BCUT2D eigenvalue weighted by Crippen LogP contribution is 2.30. The highest BCUT2D eigenvalue weighted by molar-refractivity contribution is 5.74. The Kier molecular flexibility index (Phi) is 4.42. The van der Waals surface area contributed by atoms with Crippen LogP contribution in [0.3, 0.4) is 0 Å². The first-order valence-electron chi connectivity index (χ1n) is 7.73. The van der Waals surface area contributed by atoms with Crippen molar-refractivity contribution < 1.29 is 13.2 Å². The first-order chi connectivity index (χ1) is 11.5. The van der Waals surface area contributed by atoms with E-state index < -0.39 is 11.7 Å². The van der Waals surface area contributed by atoms with Crippen LogP contribution in [-0.2, 0) is 6.18 Å². The van der Waals surface area contributed by atoms with Gasteiger partial charge in [0.15, 0.2) is 0 Å². The van der Waals surface area contributed by atoms with Crippen molar-refractivity contribution in [2.24, 2.45) is 0 Å². The van der Waals surface area contributed by atoms with Gasteiger partial charge in [0.05, 0.1) is 11.1 Å². The van der Waals surface area contributed by atoms with Gasteiger partial charge in [0.25, 0.3) is 0 Å². The quantitative estimate of drug-likeness (QED) is 0.724. The number of benzene rings is 2. The maximum atomic E-state index is 12.7. The van der Waals surface area contributed by atoms with Gasteiger partial charge in [-0.2, -0.15) is 13.2 Å².